The monoisotopic (exact) mass is 705 g/mol. The summed E-state index contributed by atoms with van der Waals surface area (Å²) in [6.45, 7) is 6.09. The number of aliphatic hydroxyl groups is 1. The van der Waals surface area contributed by atoms with E-state index in [1.807, 2.05) is 26.0 Å². The van der Waals surface area contributed by atoms with Gasteiger partial charge in [-0.05, 0) is 110 Å². The number of esters is 1. The van der Waals surface area contributed by atoms with E-state index in [2.05, 4.69) is 13.0 Å². The number of fused-ring (bicyclic) bond motifs is 5. The Labute approximate surface area is 285 Å². The molecule has 2 fully saturated rings. The number of hydrogen-bond donors (Lipinski definition) is 2. The number of hydrogen-bond acceptors (Lipinski definition) is 5. The molecule has 0 amide bonds. The van der Waals surface area contributed by atoms with Gasteiger partial charge in [-0.25, -0.2) is 4.79 Å². The summed E-state index contributed by atoms with van der Waals surface area (Å²) in [4.78, 5) is 12.6. The molecule has 1 aromatic carbocycles. The fourth-order valence-corrected chi connectivity index (χ4v) is 9.99. The summed E-state index contributed by atoms with van der Waals surface area (Å²) in [7, 11) is -1.38. The molecular formula is C37H56F5NO4S. The van der Waals surface area contributed by atoms with E-state index >= 15 is 0 Å². The van der Waals surface area contributed by atoms with Gasteiger partial charge in [-0.3, -0.25) is 4.21 Å². The van der Waals surface area contributed by atoms with E-state index in [1.54, 1.807) is 0 Å². The van der Waals surface area contributed by atoms with Gasteiger partial charge in [-0.15, -0.1) is 0 Å². The fraction of sp³-hybridized carbons (Fsp3) is 0.811. The third-order valence-corrected chi connectivity index (χ3v) is 13.2. The molecule has 0 bridgehead atoms. The molecule has 0 radical (unpaired) electrons. The van der Waals surface area contributed by atoms with Crippen LogP contribution < -0.4 is 10.5 Å². The first kappa shape index (κ1) is 39.2. The lowest BCUT2D eigenvalue weighted by molar-refractivity contribution is -0.284. The third kappa shape index (κ3) is 9.39. The van der Waals surface area contributed by atoms with Crippen LogP contribution in [0.5, 0.6) is 5.75 Å². The van der Waals surface area contributed by atoms with Gasteiger partial charge in [0.2, 0.25) is 0 Å². The van der Waals surface area contributed by atoms with Crippen molar-refractivity contribution in [3.05, 3.63) is 29.3 Å². The zero-order valence-electron chi connectivity index (χ0n) is 28.8. The Morgan fingerprint density at radius 3 is 2.31 bits per heavy atom. The Balaban J connectivity index is 1.24. The van der Waals surface area contributed by atoms with Crippen molar-refractivity contribution in [3.8, 4) is 5.75 Å². The predicted octanol–water partition coefficient (Wildman–Crippen LogP) is 8.87. The first-order valence-corrected chi connectivity index (χ1v) is 19.6. The average Bonchev–Trinajstić information content (AvgIpc) is 3.32. The molecule has 0 spiro atoms. The van der Waals surface area contributed by atoms with Gasteiger partial charge >= 0.3 is 18.1 Å². The minimum absolute atomic E-state index is 0.0122. The van der Waals surface area contributed by atoms with Gasteiger partial charge < -0.3 is 15.6 Å². The molecule has 5 nitrogen and oxygen atoms in total. The molecule has 2 unspecified atom stereocenters. The maximum Gasteiger partial charge on any atom is 0.453 e. The quantitative estimate of drug-likeness (QED) is 0.0732. The van der Waals surface area contributed by atoms with Crippen molar-refractivity contribution in [2.45, 2.75) is 147 Å². The van der Waals surface area contributed by atoms with Crippen LogP contribution >= 0.6 is 0 Å². The number of carbonyl (C=O) groups excluding carboxylic acids is 1. The Morgan fingerprint density at radius 1 is 1.00 bits per heavy atom. The summed E-state index contributed by atoms with van der Waals surface area (Å²) in [6.07, 6.45) is 5.41. The largest absolute Gasteiger partial charge is 0.453 e. The van der Waals surface area contributed by atoms with Gasteiger partial charge in [-0.1, -0.05) is 65.4 Å². The van der Waals surface area contributed by atoms with E-state index in [1.165, 1.54) is 11.1 Å². The summed E-state index contributed by atoms with van der Waals surface area (Å²) < 4.78 is 80.6. The standard InChI is InChI=1S/C37H56F5NO4S/c1-24(2)33(43)34(45)47-27-13-14-28-26(23-27)22-25(32-29(28)17-19-35(3)30(32)15-16-31(35)44)12-9-7-5-4-6-8-10-20-48(46)21-11-18-36(38,39)37(40,41)42/h13-14,23-25,29-33,44H,4-12,15-22,43H2,1-3H3/t25-,29-,30+,31+,32-,33?,35+,48?/m1/s1. The predicted molar refractivity (Wildman–Crippen MR) is 179 cm³/mol. The summed E-state index contributed by atoms with van der Waals surface area (Å²) in [5, 5.41) is 11.0. The van der Waals surface area contributed by atoms with Crippen molar-refractivity contribution >= 4 is 16.8 Å². The van der Waals surface area contributed by atoms with Crippen LogP contribution in [0.3, 0.4) is 0 Å². The van der Waals surface area contributed by atoms with Crippen LogP contribution in [0, 0.1) is 29.1 Å². The van der Waals surface area contributed by atoms with Crippen LogP contribution in [-0.2, 0) is 22.0 Å². The molecule has 1 aromatic rings. The van der Waals surface area contributed by atoms with Crippen molar-refractivity contribution in [3.63, 3.8) is 0 Å². The molecule has 48 heavy (non-hydrogen) atoms. The minimum atomic E-state index is -5.56. The lowest BCUT2D eigenvalue weighted by Crippen LogP contribution is -2.47. The van der Waals surface area contributed by atoms with E-state index < -0.39 is 47.8 Å². The van der Waals surface area contributed by atoms with Gasteiger partial charge in [0.15, 0.2) is 0 Å². The van der Waals surface area contributed by atoms with Crippen molar-refractivity contribution in [2.75, 3.05) is 11.5 Å². The number of carbonyl (C=O) groups is 1. The molecule has 0 aliphatic heterocycles. The van der Waals surface area contributed by atoms with Crippen molar-refractivity contribution in [2.24, 2.45) is 34.8 Å². The number of aliphatic hydroxyl groups excluding tert-OH is 1. The molecule has 8 atom stereocenters. The SMILES string of the molecule is CC(C)C(N)C(=O)Oc1ccc2c(c1)C[C@@H](CCCCCCCCCS(=O)CCCC(F)(F)C(F)(F)F)[C@@H]1[C@@H]2CC[C@]2(C)[C@@H](O)CC[C@@H]12. The van der Waals surface area contributed by atoms with Crippen LogP contribution in [-0.4, -0.2) is 51.0 Å². The first-order chi connectivity index (χ1) is 22.5. The van der Waals surface area contributed by atoms with Crippen LogP contribution in [0.1, 0.15) is 128 Å². The van der Waals surface area contributed by atoms with E-state index in [9.17, 15) is 36.1 Å². The van der Waals surface area contributed by atoms with E-state index in [4.69, 9.17) is 10.5 Å². The number of ether oxygens (including phenoxy) is 1. The molecule has 3 aliphatic carbocycles. The van der Waals surface area contributed by atoms with Gasteiger partial charge in [-0.2, -0.15) is 22.0 Å². The Hall–Kier alpha value is -1.59. The van der Waals surface area contributed by atoms with E-state index in [0.717, 1.165) is 77.0 Å². The molecule has 274 valence electrons. The minimum Gasteiger partial charge on any atom is -0.425 e. The summed E-state index contributed by atoms with van der Waals surface area (Å²) in [5.74, 6) is -2.43. The van der Waals surface area contributed by atoms with Crippen LogP contribution in [0.4, 0.5) is 22.0 Å². The number of benzene rings is 1. The van der Waals surface area contributed by atoms with Crippen molar-refractivity contribution < 1.29 is 40.8 Å². The topological polar surface area (TPSA) is 89.6 Å². The maximum absolute atomic E-state index is 13.0. The number of alkyl halides is 5. The van der Waals surface area contributed by atoms with Crippen molar-refractivity contribution in [1.29, 1.82) is 0 Å². The first-order valence-electron chi connectivity index (χ1n) is 18.1. The Morgan fingerprint density at radius 2 is 1.65 bits per heavy atom. The van der Waals surface area contributed by atoms with Gasteiger partial charge in [0.05, 0.1) is 6.10 Å². The molecule has 3 N–H and O–H groups in total. The smallest absolute Gasteiger partial charge is 0.425 e. The zero-order valence-corrected chi connectivity index (χ0v) is 29.7. The summed E-state index contributed by atoms with van der Waals surface area (Å²) in [6, 6.07) is 5.44. The molecular weight excluding hydrogens is 649 g/mol. The van der Waals surface area contributed by atoms with Crippen LogP contribution in [0.2, 0.25) is 0 Å². The molecule has 2 saturated carbocycles. The normalized spacial score (nSPS) is 28.4. The Bertz CT molecular complexity index is 1240. The van der Waals surface area contributed by atoms with Crippen LogP contribution in [0.25, 0.3) is 0 Å². The number of rotatable bonds is 17. The maximum atomic E-state index is 13.0. The van der Waals surface area contributed by atoms with Crippen molar-refractivity contribution in [1.82, 2.24) is 0 Å². The Kier molecular flexibility index (Phi) is 13.6. The van der Waals surface area contributed by atoms with E-state index in [-0.39, 0.29) is 23.2 Å². The highest BCUT2D eigenvalue weighted by molar-refractivity contribution is 7.84. The second kappa shape index (κ2) is 16.6. The van der Waals surface area contributed by atoms with Gasteiger partial charge in [0.1, 0.15) is 11.8 Å². The highest BCUT2D eigenvalue weighted by atomic mass is 32.2. The molecule has 0 saturated heterocycles. The summed E-state index contributed by atoms with van der Waals surface area (Å²) >= 11 is 0. The third-order valence-electron chi connectivity index (χ3n) is 11.8. The lowest BCUT2D eigenvalue weighted by atomic mass is 9.52. The molecule has 11 heteroatoms. The number of halogens is 5. The lowest BCUT2D eigenvalue weighted by Gasteiger charge is -2.53. The van der Waals surface area contributed by atoms with Gasteiger partial charge in [0.25, 0.3) is 0 Å². The fourth-order valence-electron chi connectivity index (χ4n) is 8.79. The average molecular weight is 706 g/mol. The van der Waals surface area contributed by atoms with Crippen LogP contribution in [0.15, 0.2) is 18.2 Å². The highest BCUT2D eigenvalue weighted by Gasteiger charge is 2.57. The van der Waals surface area contributed by atoms with E-state index in [0.29, 0.717) is 41.6 Å². The zero-order chi connectivity index (χ0) is 35.3. The second-order valence-corrected chi connectivity index (χ2v) is 17.1. The second-order valence-electron chi connectivity index (χ2n) is 15.4. The highest BCUT2D eigenvalue weighted by Crippen LogP contribution is 2.62. The molecule has 0 aromatic heterocycles. The molecule has 4 rings (SSSR count). The summed E-state index contributed by atoms with van der Waals surface area (Å²) in [5.41, 5.74) is 8.64. The number of unbranched alkanes of at least 4 members (excludes halogenated alkanes) is 6. The molecule has 0 heterocycles. The molecule has 3 aliphatic rings. The number of nitrogens with two attached hydrogens (primary N) is 1. The van der Waals surface area contributed by atoms with Gasteiger partial charge in [0, 0.05) is 28.7 Å².